The fraction of sp³-hybridized carbons (Fsp3) is 0.0714. The van der Waals surface area contributed by atoms with Gasteiger partial charge in [0.2, 0.25) is 5.76 Å². The fourth-order valence-electron chi connectivity index (χ4n) is 1.73. The monoisotopic (exact) mass is 241 g/mol. The van der Waals surface area contributed by atoms with Gasteiger partial charge in [-0.3, -0.25) is 0 Å². The molecule has 90 valence electrons. The van der Waals surface area contributed by atoms with Crippen LogP contribution in [-0.4, -0.2) is 12.3 Å². The number of aromatic nitrogens is 1. The highest BCUT2D eigenvalue weighted by Crippen LogP contribution is 2.27. The Balaban J connectivity index is 1.97. The zero-order chi connectivity index (χ0) is 12.4. The summed E-state index contributed by atoms with van der Waals surface area (Å²) in [6.07, 6.45) is 1.60. The molecule has 4 nitrogen and oxygen atoms in total. The highest BCUT2D eigenvalue weighted by Gasteiger charge is 2.10. The van der Waals surface area contributed by atoms with Crippen molar-refractivity contribution in [1.82, 2.24) is 5.16 Å². The Hall–Kier alpha value is -2.49. The lowest BCUT2D eigenvalue weighted by Gasteiger charge is -2.00. The molecule has 2 aromatic heterocycles. The Kier molecular flexibility index (Phi) is 2.61. The molecule has 0 spiro atoms. The molecule has 3 aromatic rings. The van der Waals surface area contributed by atoms with Crippen molar-refractivity contribution >= 4 is 0 Å². The van der Waals surface area contributed by atoms with Crippen molar-refractivity contribution in [2.45, 2.75) is 0 Å². The third-order valence-electron chi connectivity index (χ3n) is 2.64. The Labute approximate surface area is 104 Å². The Morgan fingerprint density at radius 3 is 2.78 bits per heavy atom. The van der Waals surface area contributed by atoms with E-state index in [0.717, 1.165) is 17.0 Å². The van der Waals surface area contributed by atoms with Crippen molar-refractivity contribution in [2.24, 2.45) is 0 Å². The molecule has 0 aliphatic rings. The van der Waals surface area contributed by atoms with Crippen LogP contribution in [0.4, 0.5) is 0 Å². The van der Waals surface area contributed by atoms with E-state index in [-0.39, 0.29) is 0 Å². The third-order valence-corrected chi connectivity index (χ3v) is 2.64. The molecule has 1 aromatic carbocycles. The van der Waals surface area contributed by atoms with Crippen molar-refractivity contribution in [3.05, 3.63) is 48.7 Å². The first-order valence-corrected chi connectivity index (χ1v) is 5.52. The summed E-state index contributed by atoms with van der Waals surface area (Å²) >= 11 is 0. The third kappa shape index (κ3) is 1.88. The van der Waals surface area contributed by atoms with E-state index in [0.29, 0.717) is 11.5 Å². The van der Waals surface area contributed by atoms with Crippen molar-refractivity contribution in [3.63, 3.8) is 0 Å². The van der Waals surface area contributed by atoms with Gasteiger partial charge in [0.15, 0.2) is 5.76 Å². The Bertz CT molecular complexity index is 641. The van der Waals surface area contributed by atoms with Crippen LogP contribution in [0.3, 0.4) is 0 Å². The average molecular weight is 241 g/mol. The largest absolute Gasteiger partial charge is 0.497 e. The number of rotatable bonds is 3. The van der Waals surface area contributed by atoms with E-state index in [1.165, 1.54) is 0 Å². The maximum Gasteiger partial charge on any atom is 0.202 e. The van der Waals surface area contributed by atoms with E-state index in [1.54, 1.807) is 13.4 Å². The average Bonchev–Trinajstić information content (AvgIpc) is 3.09. The molecule has 0 saturated heterocycles. The molecule has 3 rings (SSSR count). The van der Waals surface area contributed by atoms with E-state index in [2.05, 4.69) is 5.16 Å². The molecule has 0 aliphatic carbocycles. The Morgan fingerprint density at radius 1 is 1.06 bits per heavy atom. The van der Waals surface area contributed by atoms with Crippen molar-refractivity contribution < 1.29 is 13.7 Å². The highest BCUT2D eigenvalue weighted by molar-refractivity contribution is 5.65. The van der Waals surface area contributed by atoms with Gasteiger partial charge in [0.1, 0.15) is 11.4 Å². The quantitative estimate of drug-likeness (QED) is 0.702. The summed E-state index contributed by atoms with van der Waals surface area (Å²) in [4.78, 5) is 0. The molecular formula is C14H11NO3. The highest BCUT2D eigenvalue weighted by atomic mass is 16.5. The molecule has 18 heavy (non-hydrogen) atoms. The van der Waals surface area contributed by atoms with Gasteiger partial charge in [0.05, 0.1) is 13.4 Å². The number of hydrogen-bond donors (Lipinski definition) is 0. The summed E-state index contributed by atoms with van der Waals surface area (Å²) < 4.78 is 15.7. The number of benzene rings is 1. The molecule has 0 aliphatic heterocycles. The molecule has 0 atom stereocenters. The number of furan rings is 1. The normalized spacial score (nSPS) is 10.5. The molecule has 0 saturated carbocycles. The second-order valence-electron chi connectivity index (χ2n) is 3.79. The van der Waals surface area contributed by atoms with Crippen LogP contribution in [0.2, 0.25) is 0 Å². The molecule has 0 amide bonds. The summed E-state index contributed by atoms with van der Waals surface area (Å²) in [6, 6.07) is 13.1. The van der Waals surface area contributed by atoms with E-state index < -0.39 is 0 Å². The van der Waals surface area contributed by atoms with Gasteiger partial charge in [-0.05, 0) is 24.3 Å². The molecule has 2 heterocycles. The summed E-state index contributed by atoms with van der Waals surface area (Å²) in [5.41, 5.74) is 1.69. The van der Waals surface area contributed by atoms with Gasteiger partial charge in [-0.15, -0.1) is 0 Å². The van der Waals surface area contributed by atoms with Gasteiger partial charge in [-0.25, -0.2) is 0 Å². The lowest BCUT2D eigenvalue weighted by atomic mass is 10.1. The smallest absolute Gasteiger partial charge is 0.202 e. The number of hydrogen-bond acceptors (Lipinski definition) is 4. The van der Waals surface area contributed by atoms with Crippen LogP contribution in [0.25, 0.3) is 22.8 Å². The van der Waals surface area contributed by atoms with Gasteiger partial charge >= 0.3 is 0 Å². The maximum atomic E-state index is 5.26. The summed E-state index contributed by atoms with van der Waals surface area (Å²) in [6.45, 7) is 0. The molecule has 0 fully saturated rings. The molecular weight excluding hydrogens is 230 g/mol. The van der Waals surface area contributed by atoms with E-state index >= 15 is 0 Å². The second kappa shape index (κ2) is 4.41. The van der Waals surface area contributed by atoms with Crippen LogP contribution >= 0.6 is 0 Å². The maximum absolute atomic E-state index is 5.26. The summed E-state index contributed by atoms with van der Waals surface area (Å²) in [5.74, 6) is 2.06. The molecule has 0 bridgehead atoms. The van der Waals surface area contributed by atoms with Crippen molar-refractivity contribution in [1.29, 1.82) is 0 Å². The second-order valence-corrected chi connectivity index (χ2v) is 3.79. The van der Waals surface area contributed by atoms with E-state index in [9.17, 15) is 0 Å². The van der Waals surface area contributed by atoms with Gasteiger partial charge in [0, 0.05) is 11.6 Å². The van der Waals surface area contributed by atoms with E-state index in [4.69, 9.17) is 13.7 Å². The Morgan fingerprint density at radius 2 is 2.00 bits per heavy atom. The van der Waals surface area contributed by atoms with Crippen molar-refractivity contribution in [3.8, 4) is 28.5 Å². The van der Waals surface area contributed by atoms with Crippen LogP contribution in [0.15, 0.2) is 57.7 Å². The van der Waals surface area contributed by atoms with Gasteiger partial charge < -0.3 is 13.7 Å². The van der Waals surface area contributed by atoms with Crippen molar-refractivity contribution in [2.75, 3.05) is 7.11 Å². The first-order chi connectivity index (χ1) is 8.86. The number of methoxy groups -OCH3 is 1. The molecule has 0 N–H and O–H groups in total. The van der Waals surface area contributed by atoms with Crippen LogP contribution in [-0.2, 0) is 0 Å². The minimum Gasteiger partial charge on any atom is -0.497 e. The zero-order valence-electron chi connectivity index (χ0n) is 9.79. The minimum absolute atomic E-state index is 0.609. The SMILES string of the molecule is COc1cccc(-c2cc(-c3ccco3)on2)c1. The predicted octanol–water partition coefficient (Wildman–Crippen LogP) is 3.61. The predicted molar refractivity (Wildman–Crippen MR) is 66.2 cm³/mol. The van der Waals surface area contributed by atoms with Crippen LogP contribution in [0, 0.1) is 0 Å². The topological polar surface area (TPSA) is 48.4 Å². The minimum atomic E-state index is 0.609. The van der Waals surface area contributed by atoms with Crippen LogP contribution < -0.4 is 4.74 Å². The fourth-order valence-corrected chi connectivity index (χ4v) is 1.73. The van der Waals surface area contributed by atoms with Crippen LogP contribution in [0.5, 0.6) is 5.75 Å². The van der Waals surface area contributed by atoms with Crippen LogP contribution in [0.1, 0.15) is 0 Å². The van der Waals surface area contributed by atoms with Gasteiger partial charge in [-0.1, -0.05) is 17.3 Å². The molecule has 4 heteroatoms. The summed E-state index contributed by atoms with van der Waals surface area (Å²) in [5, 5.41) is 4.03. The van der Waals surface area contributed by atoms with Gasteiger partial charge in [-0.2, -0.15) is 0 Å². The summed E-state index contributed by atoms with van der Waals surface area (Å²) in [7, 11) is 1.64. The first kappa shape index (κ1) is 10.7. The van der Waals surface area contributed by atoms with E-state index in [1.807, 2.05) is 42.5 Å². The lowest BCUT2D eigenvalue weighted by molar-refractivity contribution is 0.414. The van der Waals surface area contributed by atoms with Gasteiger partial charge in [0.25, 0.3) is 0 Å². The molecule has 0 radical (unpaired) electrons. The first-order valence-electron chi connectivity index (χ1n) is 5.52. The standard InChI is InChI=1S/C14H11NO3/c1-16-11-5-2-4-10(8-11)12-9-14(18-15-12)13-6-3-7-17-13/h2-9H,1H3. The number of nitrogens with zero attached hydrogens (tertiary/aromatic N) is 1. The number of ether oxygens (including phenoxy) is 1. The zero-order valence-corrected chi connectivity index (χ0v) is 9.79. The molecule has 0 unspecified atom stereocenters. The lowest BCUT2D eigenvalue weighted by Crippen LogP contribution is -1.83.